The Labute approximate surface area is 98.2 Å². The summed E-state index contributed by atoms with van der Waals surface area (Å²) < 4.78 is 13.4. The van der Waals surface area contributed by atoms with E-state index in [1.54, 1.807) is 12.1 Å². The number of benzene rings is 2. The number of hydrogen-bond acceptors (Lipinski definition) is 1. The van der Waals surface area contributed by atoms with Gasteiger partial charge in [-0.25, -0.2) is 4.39 Å². The van der Waals surface area contributed by atoms with E-state index in [9.17, 15) is 4.39 Å². The first-order valence-corrected chi connectivity index (χ1v) is 5.18. The van der Waals surface area contributed by atoms with Crippen molar-refractivity contribution in [2.24, 2.45) is 4.99 Å². The Bertz CT molecular complexity index is 488. The van der Waals surface area contributed by atoms with Crippen molar-refractivity contribution in [1.82, 2.24) is 0 Å². The van der Waals surface area contributed by atoms with E-state index in [1.807, 2.05) is 30.3 Å². The van der Waals surface area contributed by atoms with Gasteiger partial charge in [-0.15, -0.1) is 0 Å². The van der Waals surface area contributed by atoms with Crippen molar-refractivity contribution < 1.29 is 4.39 Å². The summed E-state index contributed by atoms with van der Waals surface area (Å²) in [5.74, 6) is -0.368. The Balaban J connectivity index is 2.31. The zero-order valence-electron chi connectivity index (χ0n) is 8.40. The Morgan fingerprint density at radius 1 is 1.00 bits per heavy atom. The highest BCUT2D eigenvalue weighted by atomic mass is 35.5. The van der Waals surface area contributed by atoms with Crippen LogP contribution in [0.25, 0.3) is 0 Å². The van der Waals surface area contributed by atoms with Crippen molar-refractivity contribution in [2.75, 3.05) is 0 Å². The molecule has 0 radical (unpaired) electrons. The number of para-hydroxylation sites is 1. The summed E-state index contributed by atoms with van der Waals surface area (Å²) >= 11 is 5.86. The highest BCUT2D eigenvalue weighted by Crippen LogP contribution is 2.18. The summed E-state index contributed by atoms with van der Waals surface area (Å²) in [6.07, 6.45) is 1.44. The molecule has 2 rings (SSSR count). The van der Waals surface area contributed by atoms with Crippen LogP contribution in [0.1, 0.15) is 5.56 Å². The van der Waals surface area contributed by atoms with Crippen LogP contribution in [0.2, 0.25) is 5.02 Å². The van der Waals surface area contributed by atoms with Gasteiger partial charge >= 0.3 is 0 Å². The van der Waals surface area contributed by atoms with E-state index < -0.39 is 0 Å². The second kappa shape index (κ2) is 4.90. The first-order chi connectivity index (χ1) is 7.77. The standard InChI is InChI=1S/C13H9ClFN/c14-12-7-4-8-13(15)11(12)9-16-10-5-2-1-3-6-10/h1-9H. The van der Waals surface area contributed by atoms with Crippen molar-refractivity contribution in [3.63, 3.8) is 0 Å². The molecule has 0 aliphatic heterocycles. The maximum Gasteiger partial charge on any atom is 0.133 e. The number of aliphatic imine (C=N–C) groups is 1. The van der Waals surface area contributed by atoms with Gasteiger partial charge in [0.1, 0.15) is 5.82 Å². The molecule has 0 N–H and O–H groups in total. The molecule has 1 nitrogen and oxygen atoms in total. The molecule has 0 atom stereocenters. The summed E-state index contributed by atoms with van der Waals surface area (Å²) in [7, 11) is 0. The highest BCUT2D eigenvalue weighted by molar-refractivity contribution is 6.33. The molecule has 2 aromatic carbocycles. The molecule has 80 valence electrons. The maximum atomic E-state index is 13.4. The Morgan fingerprint density at radius 3 is 2.44 bits per heavy atom. The molecule has 3 heteroatoms. The molecule has 0 unspecified atom stereocenters. The molecule has 0 aromatic heterocycles. The minimum Gasteiger partial charge on any atom is -0.256 e. The van der Waals surface area contributed by atoms with E-state index >= 15 is 0 Å². The SMILES string of the molecule is Fc1cccc(Cl)c1C=Nc1ccccc1. The Morgan fingerprint density at radius 2 is 1.75 bits per heavy atom. The lowest BCUT2D eigenvalue weighted by Crippen LogP contribution is -1.88. The third kappa shape index (κ3) is 2.47. The molecule has 0 saturated carbocycles. The van der Waals surface area contributed by atoms with Crippen LogP contribution in [-0.4, -0.2) is 6.21 Å². The van der Waals surface area contributed by atoms with Gasteiger partial charge < -0.3 is 0 Å². The van der Waals surface area contributed by atoms with Crippen LogP contribution in [0.3, 0.4) is 0 Å². The second-order valence-electron chi connectivity index (χ2n) is 3.23. The molecular formula is C13H9ClFN. The zero-order chi connectivity index (χ0) is 11.4. The van der Waals surface area contributed by atoms with E-state index in [-0.39, 0.29) is 5.82 Å². The fraction of sp³-hybridized carbons (Fsp3) is 0. The summed E-state index contributed by atoms with van der Waals surface area (Å²) in [5.41, 5.74) is 1.08. The van der Waals surface area contributed by atoms with Crippen LogP contribution in [-0.2, 0) is 0 Å². The van der Waals surface area contributed by atoms with Crippen molar-refractivity contribution in [2.45, 2.75) is 0 Å². The van der Waals surface area contributed by atoms with Crippen LogP contribution in [0.4, 0.5) is 10.1 Å². The number of hydrogen-bond donors (Lipinski definition) is 0. The van der Waals surface area contributed by atoms with E-state index in [0.29, 0.717) is 10.6 Å². The number of halogens is 2. The third-order valence-corrected chi connectivity index (χ3v) is 2.43. The lowest BCUT2D eigenvalue weighted by Gasteiger charge is -1.98. The fourth-order valence-corrected chi connectivity index (χ4v) is 1.50. The van der Waals surface area contributed by atoms with Gasteiger partial charge in [-0.3, -0.25) is 4.99 Å². The monoisotopic (exact) mass is 233 g/mol. The number of nitrogens with zero attached hydrogens (tertiary/aromatic N) is 1. The molecule has 2 aromatic rings. The van der Waals surface area contributed by atoms with Crippen molar-refractivity contribution in [3.8, 4) is 0 Å². The van der Waals surface area contributed by atoms with Crippen LogP contribution in [0, 0.1) is 5.82 Å². The summed E-state index contributed by atoms with van der Waals surface area (Å²) in [4.78, 5) is 4.15. The van der Waals surface area contributed by atoms with Crippen molar-refractivity contribution in [1.29, 1.82) is 0 Å². The van der Waals surface area contributed by atoms with Gasteiger partial charge in [-0.05, 0) is 24.3 Å². The van der Waals surface area contributed by atoms with E-state index in [4.69, 9.17) is 11.6 Å². The first kappa shape index (κ1) is 10.8. The maximum absolute atomic E-state index is 13.4. The minimum atomic E-state index is -0.368. The molecule has 0 spiro atoms. The molecule has 0 bridgehead atoms. The van der Waals surface area contributed by atoms with Crippen LogP contribution in [0.5, 0.6) is 0 Å². The smallest absolute Gasteiger partial charge is 0.133 e. The molecule has 16 heavy (non-hydrogen) atoms. The summed E-state index contributed by atoms with van der Waals surface area (Å²) in [5, 5.41) is 0.361. The average molecular weight is 234 g/mol. The van der Waals surface area contributed by atoms with Crippen molar-refractivity contribution >= 4 is 23.5 Å². The summed E-state index contributed by atoms with van der Waals surface area (Å²) in [6, 6.07) is 13.9. The quantitative estimate of drug-likeness (QED) is 0.689. The molecule has 0 fully saturated rings. The van der Waals surface area contributed by atoms with E-state index in [2.05, 4.69) is 4.99 Å². The second-order valence-corrected chi connectivity index (χ2v) is 3.64. The van der Waals surface area contributed by atoms with E-state index in [0.717, 1.165) is 5.69 Å². The molecule has 0 heterocycles. The largest absolute Gasteiger partial charge is 0.256 e. The first-order valence-electron chi connectivity index (χ1n) is 4.80. The minimum absolute atomic E-state index is 0.313. The average Bonchev–Trinajstić information content (AvgIpc) is 2.30. The van der Waals surface area contributed by atoms with Crippen molar-refractivity contribution in [3.05, 3.63) is 64.9 Å². The van der Waals surface area contributed by atoms with Crippen LogP contribution < -0.4 is 0 Å². The van der Waals surface area contributed by atoms with Gasteiger partial charge in [0, 0.05) is 11.8 Å². The molecule has 0 aliphatic carbocycles. The van der Waals surface area contributed by atoms with Gasteiger partial charge in [0.15, 0.2) is 0 Å². The Kier molecular flexibility index (Phi) is 3.32. The number of rotatable bonds is 2. The predicted octanol–water partition coefficient (Wildman–Crippen LogP) is 4.23. The summed E-state index contributed by atoms with van der Waals surface area (Å²) in [6.45, 7) is 0. The normalized spacial score (nSPS) is 10.9. The lowest BCUT2D eigenvalue weighted by molar-refractivity contribution is 0.626. The van der Waals surface area contributed by atoms with Crippen LogP contribution >= 0.6 is 11.6 Å². The van der Waals surface area contributed by atoms with Gasteiger partial charge in [0.25, 0.3) is 0 Å². The predicted molar refractivity (Wildman–Crippen MR) is 65.1 cm³/mol. The topological polar surface area (TPSA) is 12.4 Å². The van der Waals surface area contributed by atoms with Gasteiger partial charge in [-0.2, -0.15) is 0 Å². The zero-order valence-corrected chi connectivity index (χ0v) is 9.16. The molecule has 0 aliphatic rings. The van der Waals surface area contributed by atoms with Crippen LogP contribution in [0.15, 0.2) is 53.5 Å². The molecular weight excluding hydrogens is 225 g/mol. The molecule has 0 saturated heterocycles. The van der Waals surface area contributed by atoms with Gasteiger partial charge in [-0.1, -0.05) is 35.9 Å². The highest BCUT2D eigenvalue weighted by Gasteiger charge is 2.02. The third-order valence-electron chi connectivity index (χ3n) is 2.10. The fourth-order valence-electron chi connectivity index (χ4n) is 1.29. The van der Waals surface area contributed by atoms with Gasteiger partial charge in [0.2, 0.25) is 0 Å². The van der Waals surface area contributed by atoms with Gasteiger partial charge in [0.05, 0.1) is 10.7 Å². The van der Waals surface area contributed by atoms with E-state index in [1.165, 1.54) is 12.3 Å². The Hall–Kier alpha value is -1.67. The lowest BCUT2D eigenvalue weighted by atomic mass is 10.2. The molecule has 0 amide bonds.